The summed E-state index contributed by atoms with van der Waals surface area (Å²) in [5.74, 6) is 2.90. The molecule has 4 rings (SSSR count). The van der Waals surface area contributed by atoms with Crippen LogP contribution in [-0.4, -0.2) is 68.3 Å². The summed E-state index contributed by atoms with van der Waals surface area (Å²) < 4.78 is 5.60. The van der Waals surface area contributed by atoms with Crippen LogP contribution in [0.4, 0.5) is 11.8 Å². The Morgan fingerprint density at radius 3 is 2.67 bits per heavy atom. The Morgan fingerprint density at radius 1 is 1.07 bits per heavy atom. The van der Waals surface area contributed by atoms with Gasteiger partial charge >= 0.3 is 0 Å². The molecule has 0 bridgehead atoms. The van der Waals surface area contributed by atoms with Gasteiger partial charge in [0.2, 0.25) is 5.95 Å². The van der Waals surface area contributed by atoms with Crippen molar-refractivity contribution in [3.8, 4) is 5.75 Å². The minimum Gasteiger partial charge on any atom is -0.493 e. The third-order valence-corrected chi connectivity index (χ3v) is 5.40. The summed E-state index contributed by atoms with van der Waals surface area (Å²) in [4.78, 5) is 16.1. The van der Waals surface area contributed by atoms with Gasteiger partial charge in [0.25, 0.3) is 0 Å². The van der Waals surface area contributed by atoms with Crippen LogP contribution in [-0.2, 0) is 12.8 Å². The zero-order valence-corrected chi connectivity index (χ0v) is 16.6. The molecule has 1 aromatic heterocycles. The van der Waals surface area contributed by atoms with Gasteiger partial charge in [0.1, 0.15) is 11.6 Å². The van der Waals surface area contributed by atoms with Crippen LogP contribution in [0.3, 0.4) is 0 Å². The highest BCUT2D eigenvalue weighted by atomic mass is 16.5. The van der Waals surface area contributed by atoms with Crippen molar-refractivity contribution in [2.75, 3.05) is 63.2 Å². The summed E-state index contributed by atoms with van der Waals surface area (Å²) in [6, 6.07) is 8.77. The Labute approximate surface area is 161 Å². The van der Waals surface area contributed by atoms with E-state index in [0.717, 1.165) is 75.4 Å². The van der Waals surface area contributed by atoms with Gasteiger partial charge in [-0.1, -0.05) is 12.1 Å². The number of hydrogen-bond acceptors (Lipinski definition) is 6. The lowest BCUT2D eigenvalue weighted by atomic mass is 10.1. The molecule has 2 aliphatic rings. The van der Waals surface area contributed by atoms with Gasteiger partial charge < -0.3 is 14.5 Å². The third kappa shape index (κ3) is 4.16. The summed E-state index contributed by atoms with van der Waals surface area (Å²) >= 11 is 0. The number of rotatable bonds is 5. The number of ether oxygens (including phenoxy) is 1. The lowest BCUT2D eigenvalue weighted by molar-refractivity contribution is 0.260. The standard InChI is InChI=1S/C21H29N5O/c1-16-14-20(23-21(22-16)24(2)3)26-11-9-25(10-12-26)8-6-17-4-5-19-18(15-17)7-13-27-19/h4-5,14-15H,6-13H2,1-3H3. The van der Waals surface area contributed by atoms with E-state index in [4.69, 9.17) is 9.72 Å². The number of aryl methyl sites for hydroxylation is 1. The molecule has 0 spiro atoms. The Kier molecular flexibility index (Phi) is 5.16. The maximum atomic E-state index is 5.60. The normalized spacial score (nSPS) is 16.9. The SMILES string of the molecule is Cc1cc(N2CCN(CCc3ccc4c(c3)CCO4)CC2)nc(N(C)C)n1. The van der Waals surface area contributed by atoms with Crippen molar-refractivity contribution in [1.82, 2.24) is 14.9 Å². The molecule has 1 fully saturated rings. The molecular weight excluding hydrogens is 338 g/mol. The maximum absolute atomic E-state index is 5.60. The van der Waals surface area contributed by atoms with Gasteiger partial charge in [-0.05, 0) is 30.5 Å². The van der Waals surface area contributed by atoms with Crippen LogP contribution in [0.5, 0.6) is 5.75 Å². The first-order chi connectivity index (χ1) is 13.1. The van der Waals surface area contributed by atoms with Gasteiger partial charge in [-0.2, -0.15) is 4.98 Å². The summed E-state index contributed by atoms with van der Waals surface area (Å²) in [6.07, 6.45) is 2.15. The first kappa shape index (κ1) is 18.0. The molecule has 0 saturated carbocycles. The number of nitrogens with zero attached hydrogens (tertiary/aromatic N) is 5. The number of fused-ring (bicyclic) bond motifs is 1. The fourth-order valence-corrected chi connectivity index (χ4v) is 3.78. The van der Waals surface area contributed by atoms with E-state index in [0.29, 0.717) is 0 Å². The van der Waals surface area contributed by atoms with Crippen LogP contribution >= 0.6 is 0 Å². The fraction of sp³-hybridized carbons (Fsp3) is 0.524. The Hall–Kier alpha value is -2.34. The van der Waals surface area contributed by atoms with E-state index in [1.807, 2.05) is 25.9 Å². The summed E-state index contributed by atoms with van der Waals surface area (Å²) in [5.41, 5.74) is 3.81. The van der Waals surface area contributed by atoms with E-state index in [9.17, 15) is 0 Å². The smallest absolute Gasteiger partial charge is 0.226 e. The van der Waals surface area contributed by atoms with Crippen molar-refractivity contribution in [3.63, 3.8) is 0 Å². The molecule has 1 saturated heterocycles. The van der Waals surface area contributed by atoms with Crippen molar-refractivity contribution < 1.29 is 4.74 Å². The second-order valence-electron chi connectivity index (χ2n) is 7.68. The fourth-order valence-electron chi connectivity index (χ4n) is 3.78. The van der Waals surface area contributed by atoms with Crippen molar-refractivity contribution in [2.24, 2.45) is 0 Å². The molecule has 0 unspecified atom stereocenters. The molecule has 144 valence electrons. The number of anilines is 2. The molecule has 3 heterocycles. The van der Waals surface area contributed by atoms with E-state index < -0.39 is 0 Å². The van der Waals surface area contributed by atoms with Crippen LogP contribution in [0.1, 0.15) is 16.8 Å². The highest BCUT2D eigenvalue weighted by Crippen LogP contribution is 2.26. The Bertz CT molecular complexity index is 799. The minimum atomic E-state index is 0.785. The molecular formula is C21H29N5O. The summed E-state index contributed by atoms with van der Waals surface area (Å²) in [7, 11) is 3.98. The van der Waals surface area contributed by atoms with Crippen molar-refractivity contribution >= 4 is 11.8 Å². The van der Waals surface area contributed by atoms with Gasteiger partial charge in [0.05, 0.1) is 6.61 Å². The van der Waals surface area contributed by atoms with E-state index in [-0.39, 0.29) is 0 Å². The molecule has 0 aliphatic carbocycles. The van der Waals surface area contributed by atoms with Gasteiger partial charge in [-0.25, -0.2) is 4.98 Å². The quantitative estimate of drug-likeness (QED) is 0.807. The van der Waals surface area contributed by atoms with E-state index in [1.165, 1.54) is 11.1 Å². The highest BCUT2D eigenvalue weighted by molar-refractivity contribution is 5.46. The van der Waals surface area contributed by atoms with Gasteiger partial charge in [-0.15, -0.1) is 0 Å². The second kappa shape index (κ2) is 7.72. The molecule has 0 amide bonds. The van der Waals surface area contributed by atoms with Gasteiger partial charge in [0.15, 0.2) is 0 Å². The maximum Gasteiger partial charge on any atom is 0.226 e. The molecule has 0 N–H and O–H groups in total. The van der Waals surface area contributed by atoms with Crippen LogP contribution in [0, 0.1) is 6.92 Å². The average molecular weight is 367 g/mol. The zero-order chi connectivity index (χ0) is 18.8. The van der Waals surface area contributed by atoms with Crippen molar-refractivity contribution in [1.29, 1.82) is 0 Å². The Morgan fingerprint density at radius 2 is 1.89 bits per heavy atom. The zero-order valence-electron chi connectivity index (χ0n) is 16.6. The highest BCUT2D eigenvalue weighted by Gasteiger charge is 2.19. The molecule has 0 radical (unpaired) electrons. The van der Waals surface area contributed by atoms with Crippen molar-refractivity contribution in [3.05, 3.63) is 41.1 Å². The molecule has 2 aromatic rings. The van der Waals surface area contributed by atoms with E-state index >= 15 is 0 Å². The molecule has 0 atom stereocenters. The molecule has 27 heavy (non-hydrogen) atoms. The molecule has 6 nitrogen and oxygen atoms in total. The van der Waals surface area contributed by atoms with Gasteiger partial charge in [-0.3, -0.25) is 4.90 Å². The average Bonchev–Trinajstić information content (AvgIpc) is 3.14. The van der Waals surface area contributed by atoms with E-state index in [1.54, 1.807) is 0 Å². The lowest BCUT2D eigenvalue weighted by Crippen LogP contribution is -2.47. The monoisotopic (exact) mass is 367 g/mol. The first-order valence-electron chi connectivity index (χ1n) is 9.83. The Balaban J connectivity index is 1.31. The molecule has 6 heteroatoms. The number of benzene rings is 1. The summed E-state index contributed by atoms with van der Waals surface area (Å²) in [5, 5.41) is 0. The van der Waals surface area contributed by atoms with Crippen molar-refractivity contribution in [2.45, 2.75) is 19.8 Å². The largest absolute Gasteiger partial charge is 0.493 e. The first-order valence-corrected chi connectivity index (χ1v) is 9.83. The minimum absolute atomic E-state index is 0.785. The topological polar surface area (TPSA) is 44.7 Å². The van der Waals surface area contributed by atoms with Crippen LogP contribution in [0.2, 0.25) is 0 Å². The van der Waals surface area contributed by atoms with Crippen LogP contribution in [0.25, 0.3) is 0 Å². The lowest BCUT2D eigenvalue weighted by Gasteiger charge is -2.35. The number of piperazine rings is 1. The van der Waals surface area contributed by atoms with E-state index in [2.05, 4.69) is 39.0 Å². The second-order valence-corrected chi connectivity index (χ2v) is 7.68. The third-order valence-electron chi connectivity index (χ3n) is 5.40. The van der Waals surface area contributed by atoms with Crippen LogP contribution in [0.15, 0.2) is 24.3 Å². The molecule has 1 aromatic carbocycles. The van der Waals surface area contributed by atoms with Gasteiger partial charge in [0, 0.05) is 65.0 Å². The predicted molar refractivity (Wildman–Crippen MR) is 109 cm³/mol. The number of hydrogen-bond donors (Lipinski definition) is 0. The summed E-state index contributed by atoms with van der Waals surface area (Å²) in [6.45, 7) is 8.17. The predicted octanol–water partition coefficient (Wildman–Crippen LogP) is 2.15. The number of aromatic nitrogens is 2. The molecule has 2 aliphatic heterocycles. The van der Waals surface area contributed by atoms with Crippen LogP contribution < -0.4 is 14.5 Å².